The first-order chi connectivity index (χ1) is 17.1. The molecule has 0 fully saturated rings. The highest BCUT2D eigenvalue weighted by Gasteiger charge is 2.51. The van der Waals surface area contributed by atoms with Gasteiger partial charge in [0.2, 0.25) is 0 Å². The van der Waals surface area contributed by atoms with Crippen LogP contribution in [0, 0.1) is 0 Å². The maximum atomic E-state index is 13.8. The average molecular weight is 467 g/mol. The molecule has 1 unspecified atom stereocenters. The van der Waals surface area contributed by atoms with Crippen LogP contribution in [0.1, 0.15) is 21.5 Å². The molecule has 1 atom stereocenters. The zero-order chi connectivity index (χ0) is 24.5. The van der Waals surface area contributed by atoms with Crippen molar-refractivity contribution >= 4 is 29.2 Å². The van der Waals surface area contributed by atoms with Crippen molar-refractivity contribution in [2.45, 2.75) is 6.17 Å². The summed E-state index contributed by atoms with van der Waals surface area (Å²) in [7, 11) is 2.41. The quantitative estimate of drug-likeness (QED) is 0.547. The number of methoxy groups -OCH3 is 2. The molecule has 0 saturated carbocycles. The van der Waals surface area contributed by atoms with Gasteiger partial charge >= 0.3 is 11.9 Å². The number of anilines is 1. The fraction of sp³-hybridized carbons (Fsp3) is 0.111. The molecule has 174 valence electrons. The lowest BCUT2D eigenvalue weighted by Gasteiger charge is -2.38. The molecule has 5 rings (SSSR count). The Hall–Kier alpha value is -4.72. The van der Waals surface area contributed by atoms with Crippen LogP contribution < -0.4 is 5.01 Å². The van der Waals surface area contributed by atoms with Crippen molar-refractivity contribution in [3.8, 4) is 0 Å². The molecule has 3 aromatic rings. The number of fused-ring (bicyclic) bond motifs is 3. The summed E-state index contributed by atoms with van der Waals surface area (Å²) in [4.78, 5) is 44.8. The Balaban J connectivity index is 1.79. The zero-order valence-corrected chi connectivity index (χ0v) is 19.0. The number of hydrogen-bond donors (Lipinski definition) is 0. The van der Waals surface area contributed by atoms with Crippen molar-refractivity contribution in [1.29, 1.82) is 0 Å². The smallest absolute Gasteiger partial charge is 0.357 e. The van der Waals surface area contributed by atoms with Gasteiger partial charge in [0.1, 0.15) is 5.57 Å². The van der Waals surface area contributed by atoms with Crippen LogP contribution in [-0.4, -0.2) is 49.0 Å². The van der Waals surface area contributed by atoms with Crippen LogP contribution in [0.5, 0.6) is 0 Å². The molecule has 0 spiro atoms. The van der Waals surface area contributed by atoms with Gasteiger partial charge in [0, 0.05) is 16.7 Å². The van der Waals surface area contributed by atoms with Gasteiger partial charge in [-0.25, -0.2) is 19.6 Å². The Morgan fingerprint density at radius 1 is 0.771 bits per heavy atom. The largest absolute Gasteiger partial charge is 0.465 e. The van der Waals surface area contributed by atoms with E-state index in [1.165, 1.54) is 19.2 Å². The monoisotopic (exact) mass is 467 g/mol. The van der Waals surface area contributed by atoms with E-state index in [4.69, 9.17) is 14.5 Å². The number of rotatable bonds is 4. The molecule has 0 bridgehead atoms. The number of esters is 2. The molecule has 35 heavy (non-hydrogen) atoms. The Bertz CT molecular complexity index is 1380. The molecule has 0 radical (unpaired) electrons. The molecule has 8 nitrogen and oxygen atoms in total. The molecule has 0 aromatic heterocycles. The third-order valence-electron chi connectivity index (χ3n) is 5.87. The van der Waals surface area contributed by atoms with Gasteiger partial charge in [-0.2, -0.15) is 0 Å². The second-order valence-electron chi connectivity index (χ2n) is 7.81. The summed E-state index contributed by atoms with van der Waals surface area (Å²) in [5.41, 5.74) is 2.83. The third-order valence-corrected chi connectivity index (χ3v) is 5.87. The first-order valence-corrected chi connectivity index (χ1v) is 10.9. The van der Waals surface area contributed by atoms with Crippen LogP contribution in [0.3, 0.4) is 0 Å². The lowest BCUT2D eigenvalue weighted by molar-refractivity contribution is -0.140. The number of aliphatic imine (C=N–C) groups is 1. The predicted molar refractivity (Wildman–Crippen MR) is 128 cm³/mol. The van der Waals surface area contributed by atoms with Crippen LogP contribution in [0.15, 0.2) is 101 Å². The number of para-hydroxylation sites is 1. The summed E-state index contributed by atoms with van der Waals surface area (Å²) in [5, 5.41) is 2.72. The maximum Gasteiger partial charge on any atom is 0.357 e. The van der Waals surface area contributed by atoms with Crippen molar-refractivity contribution in [3.63, 3.8) is 0 Å². The summed E-state index contributed by atoms with van der Waals surface area (Å²) in [6.45, 7) is 0. The Labute approximate surface area is 201 Å². The third kappa shape index (κ3) is 3.56. The van der Waals surface area contributed by atoms with E-state index in [2.05, 4.69) is 0 Å². The van der Waals surface area contributed by atoms with Gasteiger partial charge in [-0.3, -0.25) is 9.79 Å². The van der Waals surface area contributed by atoms with Gasteiger partial charge in [0.15, 0.2) is 11.9 Å². The van der Waals surface area contributed by atoms with Crippen molar-refractivity contribution in [1.82, 2.24) is 5.01 Å². The molecule has 8 heteroatoms. The van der Waals surface area contributed by atoms with Crippen molar-refractivity contribution in [3.05, 3.63) is 113 Å². The predicted octanol–water partition coefficient (Wildman–Crippen LogP) is 3.34. The van der Waals surface area contributed by atoms with E-state index in [-0.39, 0.29) is 11.3 Å². The highest BCUT2D eigenvalue weighted by molar-refractivity contribution is 6.19. The number of ether oxygens (including phenoxy) is 2. The molecule has 2 aliphatic heterocycles. The number of benzene rings is 3. The Kier molecular flexibility index (Phi) is 5.62. The molecule has 3 aromatic carbocycles. The molecular weight excluding hydrogens is 446 g/mol. The highest BCUT2D eigenvalue weighted by Crippen LogP contribution is 2.42. The first-order valence-electron chi connectivity index (χ1n) is 10.9. The van der Waals surface area contributed by atoms with E-state index >= 15 is 0 Å². The minimum absolute atomic E-state index is 0.0773. The number of nitrogens with zero attached hydrogens (tertiary/aromatic N) is 3. The number of amides is 1. The van der Waals surface area contributed by atoms with Gasteiger partial charge in [-0.05, 0) is 18.2 Å². The fourth-order valence-corrected chi connectivity index (χ4v) is 4.33. The molecular formula is C27H21N3O5. The van der Waals surface area contributed by atoms with Gasteiger partial charge in [-0.1, -0.05) is 66.7 Å². The standard InChI is InChI=1S/C27H21N3O5/c1-34-26(32)21-23(27(33)35-2)30(25(31)18-13-7-4-8-14-18)29-20-16-10-9-15-19(20)22(28-24(21)29)17-11-5-3-6-12-17/h3-16,24H,1-2H3. The molecule has 0 saturated heterocycles. The van der Waals surface area contributed by atoms with Crippen molar-refractivity contribution in [2.24, 2.45) is 4.99 Å². The molecule has 2 aliphatic rings. The maximum absolute atomic E-state index is 13.8. The van der Waals surface area contributed by atoms with Crippen LogP contribution in [0.4, 0.5) is 5.69 Å². The molecule has 0 aliphatic carbocycles. The van der Waals surface area contributed by atoms with E-state index in [0.29, 0.717) is 17.0 Å². The first kappa shape index (κ1) is 22.1. The van der Waals surface area contributed by atoms with Gasteiger partial charge in [0.05, 0.1) is 25.6 Å². The Morgan fingerprint density at radius 2 is 1.37 bits per heavy atom. The van der Waals surface area contributed by atoms with Gasteiger partial charge in [0.25, 0.3) is 5.91 Å². The van der Waals surface area contributed by atoms with E-state index in [1.54, 1.807) is 35.3 Å². The molecule has 1 amide bonds. The van der Waals surface area contributed by atoms with E-state index in [9.17, 15) is 14.4 Å². The van der Waals surface area contributed by atoms with Gasteiger partial charge < -0.3 is 9.47 Å². The summed E-state index contributed by atoms with van der Waals surface area (Å²) >= 11 is 0. The van der Waals surface area contributed by atoms with Crippen LogP contribution in [0.25, 0.3) is 0 Å². The second kappa shape index (κ2) is 8.90. The zero-order valence-electron chi connectivity index (χ0n) is 19.0. The summed E-state index contributed by atoms with van der Waals surface area (Å²) < 4.78 is 10.0. The van der Waals surface area contributed by atoms with Crippen LogP contribution >= 0.6 is 0 Å². The van der Waals surface area contributed by atoms with Crippen molar-refractivity contribution in [2.75, 3.05) is 19.2 Å². The number of hydrogen-bond acceptors (Lipinski definition) is 7. The average Bonchev–Trinajstić information content (AvgIpc) is 3.27. The Morgan fingerprint density at radius 3 is 2.03 bits per heavy atom. The number of carbonyl (C=O) groups is 3. The van der Waals surface area contributed by atoms with E-state index in [1.807, 2.05) is 54.6 Å². The lowest BCUT2D eigenvalue weighted by atomic mass is 9.97. The fourth-order valence-electron chi connectivity index (χ4n) is 4.33. The summed E-state index contributed by atoms with van der Waals surface area (Å²) in [5.74, 6) is -2.14. The van der Waals surface area contributed by atoms with Gasteiger partial charge in [-0.15, -0.1) is 0 Å². The van der Waals surface area contributed by atoms with Crippen molar-refractivity contribution < 1.29 is 23.9 Å². The lowest BCUT2D eigenvalue weighted by Crippen LogP contribution is -2.49. The van der Waals surface area contributed by atoms with Crippen LogP contribution in [-0.2, 0) is 19.1 Å². The van der Waals surface area contributed by atoms with E-state index in [0.717, 1.165) is 11.1 Å². The minimum atomic E-state index is -1.02. The second-order valence-corrected chi connectivity index (χ2v) is 7.81. The highest BCUT2D eigenvalue weighted by atomic mass is 16.5. The SMILES string of the molecule is COC(=O)C1=C(C(=O)OC)N(C(=O)c2ccccc2)N2c3ccccc3C(c3ccccc3)=NC12. The van der Waals surface area contributed by atoms with E-state index < -0.39 is 24.0 Å². The molecule has 0 N–H and O–H groups in total. The number of hydrazine groups is 1. The molecule has 2 heterocycles. The number of carbonyl (C=O) groups excluding carboxylic acids is 3. The summed E-state index contributed by atoms with van der Waals surface area (Å²) in [6.07, 6.45) is -1.02. The van der Waals surface area contributed by atoms with Crippen LogP contribution in [0.2, 0.25) is 0 Å². The normalized spacial score (nSPS) is 16.3. The topological polar surface area (TPSA) is 88.5 Å². The minimum Gasteiger partial charge on any atom is -0.465 e. The summed E-state index contributed by atoms with van der Waals surface area (Å²) in [6, 6.07) is 25.4.